The fraction of sp³-hybridized carbons (Fsp3) is 0.333. The number of benzene rings is 1. The maximum atomic E-state index is 12.7. The van der Waals surface area contributed by atoms with E-state index in [0.29, 0.717) is 12.2 Å². The second-order valence-corrected chi connectivity index (χ2v) is 7.87. The lowest BCUT2D eigenvalue weighted by Crippen LogP contribution is -2.24. The van der Waals surface area contributed by atoms with Crippen molar-refractivity contribution < 1.29 is 8.42 Å². The van der Waals surface area contributed by atoms with E-state index in [-0.39, 0.29) is 11.4 Å². The van der Waals surface area contributed by atoms with E-state index in [0.717, 1.165) is 22.6 Å². The molecule has 0 saturated heterocycles. The van der Waals surface area contributed by atoms with Gasteiger partial charge in [0.05, 0.1) is 23.3 Å². The zero-order chi connectivity index (χ0) is 18.9. The van der Waals surface area contributed by atoms with E-state index in [9.17, 15) is 8.42 Å². The third-order valence-corrected chi connectivity index (χ3v) is 6.03. The third-order valence-electron chi connectivity index (χ3n) is 4.53. The van der Waals surface area contributed by atoms with Crippen molar-refractivity contribution in [1.82, 2.24) is 24.3 Å². The van der Waals surface area contributed by atoms with Crippen molar-refractivity contribution in [2.75, 3.05) is 0 Å². The fourth-order valence-electron chi connectivity index (χ4n) is 3.01. The van der Waals surface area contributed by atoms with Crippen LogP contribution < -0.4 is 4.72 Å². The van der Waals surface area contributed by atoms with Crippen LogP contribution in [0.1, 0.15) is 29.6 Å². The number of rotatable bonds is 6. The van der Waals surface area contributed by atoms with Gasteiger partial charge in [-0.15, -0.1) is 0 Å². The number of nitrogens with zero attached hydrogens (tertiary/aromatic N) is 4. The van der Waals surface area contributed by atoms with E-state index < -0.39 is 10.0 Å². The molecular formula is C18H23N5O2S. The smallest absolute Gasteiger partial charge is 0.244 e. The summed E-state index contributed by atoms with van der Waals surface area (Å²) >= 11 is 0. The van der Waals surface area contributed by atoms with Crippen LogP contribution in [0.15, 0.2) is 41.4 Å². The molecule has 3 aromatic rings. The van der Waals surface area contributed by atoms with Crippen molar-refractivity contribution >= 4 is 10.0 Å². The van der Waals surface area contributed by atoms with Gasteiger partial charge in [0.1, 0.15) is 4.90 Å². The van der Waals surface area contributed by atoms with Crippen molar-refractivity contribution in [2.45, 2.75) is 45.7 Å². The van der Waals surface area contributed by atoms with Crippen LogP contribution in [-0.4, -0.2) is 28.0 Å². The molecule has 0 aliphatic heterocycles. The van der Waals surface area contributed by atoms with E-state index in [4.69, 9.17) is 0 Å². The number of aryl methyl sites for hydroxylation is 2. The van der Waals surface area contributed by atoms with Crippen LogP contribution in [0.4, 0.5) is 0 Å². The second kappa shape index (κ2) is 7.05. The van der Waals surface area contributed by atoms with Gasteiger partial charge in [0.25, 0.3) is 0 Å². The van der Waals surface area contributed by atoms with E-state index in [1.54, 1.807) is 11.6 Å². The van der Waals surface area contributed by atoms with Gasteiger partial charge in [-0.2, -0.15) is 10.2 Å². The van der Waals surface area contributed by atoms with Crippen LogP contribution in [0.3, 0.4) is 0 Å². The van der Waals surface area contributed by atoms with Crippen molar-refractivity contribution in [3.8, 4) is 5.69 Å². The Morgan fingerprint density at radius 3 is 2.38 bits per heavy atom. The van der Waals surface area contributed by atoms with Crippen LogP contribution in [0.25, 0.3) is 5.69 Å². The van der Waals surface area contributed by atoms with Crippen molar-refractivity contribution in [2.24, 2.45) is 0 Å². The Bertz CT molecular complexity index is 1020. The Hall–Kier alpha value is -2.45. The lowest BCUT2D eigenvalue weighted by molar-refractivity contribution is 0.579. The van der Waals surface area contributed by atoms with Gasteiger partial charge >= 0.3 is 0 Å². The number of nitrogens with one attached hydrogen (secondary N) is 1. The Morgan fingerprint density at radius 2 is 1.77 bits per heavy atom. The molecule has 0 aliphatic rings. The molecule has 26 heavy (non-hydrogen) atoms. The van der Waals surface area contributed by atoms with Crippen molar-refractivity contribution in [1.29, 1.82) is 0 Å². The quantitative estimate of drug-likeness (QED) is 0.720. The molecule has 138 valence electrons. The van der Waals surface area contributed by atoms with E-state index in [1.165, 1.54) is 6.20 Å². The molecule has 8 heteroatoms. The highest BCUT2D eigenvalue weighted by Crippen LogP contribution is 2.19. The fourth-order valence-corrected chi connectivity index (χ4v) is 4.18. The van der Waals surface area contributed by atoms with Crippen molar-refractivity contribution in [3.05, 3.63) is 59.2 Å². The first-order valence-electron chi connectivity index (χ1n) is 8.47. The van der Waals surface area contributed by atoms with E-state index >= 15 is 0 Å². The monoisotopic (exact) mass is 373 g/mol. The minimum absolute atomic E-state index is 0.184. The Kier molecular flexibility index (Phi) is 4.97. The number of hydrogen-bond donors (Lipinski definition) is 1. The summed E-state index contributed by atoms with van der Waals surface area (Å²) in [5.41, 5.74) is 4.17. The normalized spacial score (nSPS) is 11.8. The minimum Gasteiger partial charge on any atom is -0.269 e. The highest BCUT2D eigenvalue weighted by molar-refractivity contribution is 7.89. The molecule has 0 spiro atoms. The van der Waals surface area contributed by atoms with Gasteiger partial charge < -0.3 is 0 Å². The zero-order valence-electron chi connectivity index (χ0n) is 15.4. The Labute approximate surface area is 153 Å². The lowest BCUT2D eigenvalue weighted by Gasteiger charge is -2.08. The summed E-state index contributed by atoms with van der Waals surface area (Å²) in [7, 11) is -3.64. The summed E-state index contributed by atoms with van der Waals surface area (Å²) in [6.07, 6.45) is 1.40. The maximum absolute atomic E-state index is 12.7. The molecule has 2 aromatic heterocycles. The van der Waals surface area contributed by atoms with Gasteiger partial charge in [0, 0.05) is 24.3 Å². The maximum Gasteiger partial charge on any atom is 0.244 e. The first kappa shape index (κ1) is 18.3. The molecule has 0 fully saturated rings. The summed E-state index contributed by atoms with van der Waals surface area (Å²) in [5, 5.41) is 8.67. The highest BCUT2D eigenvalue weighted by atomic mass is 32.2. The van der Waals surface area contributed by atoms with Crippen LogP contribution in [0.5, 0.6) is 0 Å². The molecule has 3 rings (SSSR count). The predicted molar refractivity (Wildman–Crippen MR) is 99.7 cm³/mol. The number of aromatic nitrogens is 4. The number of para-hydroxylation sites is 1. The van der Waals surface area contributed by atoms with Gasteiger partial charge in [0.15, 0.2) is 0 Å². The average Bonchev–Trinajstić information content (AvgIpc) is 3.14. The number of hydrogen-bond acceptors (Lipinski definition) is 4. The largest absolute Gasteiger partial charge is 0.269 e. The summed E-state index contributed by atoms with van der Waals surface area (Å²) in [5.74, 6) is 0. The summed E-state index contributed by atoms with van der Waals surface area (Å²) < 4.78 is 31.5. The molecule has 0 aliphatic carbocycles. The van der Waals surface area contributed by atoms with Crippen LogP contribution in [0.2, 0.25) is 0 Å². The van der Waals surface area contributed by atoms with Gasteiger partial charge in [-0.25, -0.2) is 17.8 Å². The molecule has 0 amide bonds. The van der Waals surface area contributed by atoms with Crippen LogP contribution in [-0.2, 0) is 23.1 Å². The second-order valence-electron chi connectivity index (χ2n) is 6.13. The SMILES string of the molecule is CCn1ncc(S(=O)(=O)NCc2c(C)nn(-c3ccccc3)c2C)c1C. The summed E-state index contributed by atoms with van der Waals surface area (Å²) in [4.78, 5) is 0.213. The predicted octanol–water partition coefficient (Wildman–Crippen LogP) is 2.49. The first-order chi connectivity index (χ1) is 12.3. The molecule has 0 bridgehead atoms. The Morgan fingerprint density at radius 1 is 1.08 bits per heavy atom. The molecule has 0 saturated carbocycles. The molecule has 0 unspecified atom stereocenters. The summed E-state index contributed by atoms with van der Waals surface area (Å²) in [6, 6.07) is 9.78. The van der Waals surface area contributed by atoms with E-state index in [1.807, 2.05) is 55.8 Å². The molecule has 1 aromatic carbocycles. The van der Waals surface area contributed by atoms with Gasteiger partial charge in [-0.3, -0.25) is 4.68 Å². The molecule has 0 radical (unpaired) electrons. The van der Waals surface area contributed by atoms with Gasteiger partial charge in [0.2, 0.25) is 10.0 Å². The molecule has 2 heterocycles. The molecular weight excluding hydrogens is 350 g/mol. The van der Waals surface area contributed by atoms with Crippen LogP contribution in [0, 0.1) is 20.8 Å². The van der Waals surface area contributed by atoms with Gasteiger partial charge in [-0.1, -0.05) is 18.2 Å². The van der Waals surface area contributed by atoms with Crippen LogP contribution >= 0.6 is 0 Å². The minimum atomic E-state index is -3.64. The van der Waals surface area contributed by atoms with E-state index in [2.05, 4.69) is 14.9 Å². The first-order valence-corrected chi connectivity index (χ1v) is 9.96. The highest BCUT2D eigenvalue weighted by Gasteiger charge is 2.22. The summed E-state index contributed by atoms with van der Waals surface area (Å²) in [6.45, 7) is 8.32. The number of sulfonamides is 1. The average molecular weight is 373 g/mol. The standard InChI is InChI=1S/C18H23N5O2S/c1-5-22-15(4)18(12-19-22)26(24,25)20-11-17-13(2)21-23(14(17)3)16-9-7-6-8-10-16/h6-10,12,20H,5,11H2,1-4H3. The van der Waals surface area contributed by atoms with Crippen molar-refractivity contribution in [3.63, 3.8) is 0 Å². The molecule has 1 N–H and O–H groups in total. The molecule has 0 atom stereocenters. The lowest BCUT2D eigenvalue weighted by atomic mass is 10.2. The van der Waals surface area contributed by atoms with Gasteiger partial charge in [-0.05, 0) is 39.8 Å². The Balaban J connectivity index is 1.86. The topological polar surface area (TPSA) is 81.8 Å². The molecule has 7 nitrogen and oxygen atoms in total. The third kappa shape index (κ3) is 3.30. The zero-order valence-corrected chi connectivity index (χ0v) is 16.2.